The summed E-state index contributed by atoms with van der Waals surface area (Å²) in [5, 5.41) is 1.54. The van der Waals surface area contributed by atoms with Crippen LogP contribution in [0.25, 0.3) is 113 Å². The number of furan rings is 1. The van der Waals surface area contributed by atoms with Gasteiger partial charge in [0.25, 0.3) is 5.91 Å². The fraction of sp³-hybridized carbons (Fsp3) is 0.125. The van der Waals surface area contributed by atoms with Gasteiger partial charge < -0.3 is 57.0 Å². The smallest absolute Gasteiger partial charge is 0.266 e. The lowest BCUT2D eigenvalue weighted by molar-refractivity contribution is 0.1000. The molecule has 438 valence electrons. The Morgan fingerprint density at radius 3 is 1.07 bits per heavy atom. The van der Waals surface area contributed by atoms with Gasteiger partial charge in [-0.3, -0.25) is 9.69 Å². The maximum absolute atomic E-state index is 15.3. The van der Waals surface area contributed by atoms with E-state index in [0.717, 1.165) is 10.8 Å². The summed E-state index contributed by atoms with van der Waals surface area (Å²) in [5.74, 6) is 4.11. The molecular formula is C72H59N5O11. The number of aromatic amines is 2. The zero-order valence-corrected chi connectivity index (χ0v) is 49.7. The Labute approximate surface area is 506 Å². The van der Waals surface area contributed by atoms with E-state index < -0.39 is 0 Å². The van der Waals surface area contributed by atoms with Crippen molar-refractivity contribution < 1.29 is 51.8 Å². The molecule has 0 aliphatic carbocycles. The minimum Gasteiger partial charge on any atom is -0.496 e. The zero-order chi connectivity index (χ0) is 60.7. The molecule has 4 aromatic heterocycles. The highest BCUT2D eigenvalue weighted by molar-refractivity contribution is 6.21. The first kappa shape index (κ1) is 55.8. The van der Waals surface area contributed by atoms with Crippen LogP contribution in [0.5, 0.6) is 51.7 Å². The van der Waals surface area contributed by atoms with E-state index in [1.165, 1.54) is 0 Å². The summed E-state index contributed by atoms with van der Waals surface area (Å²) < 4.78 is 61.8. The summed E-state index contributed by atoms with van der Waals surface area (Å²) >= 11 is 0. The van der Waals surface area contributed by atoms with Gasteiger partial charge >= 0.3 is 0 Å². The molecule has 7 aromatic carbocycles. The number of rotatable bonds is 16. The van der Waals surface area contributed by atoms with Crippen LogP contribution in [0.15, 0.2) is 162 Å². The highest BCUT2D eigenvalue weighted by atomic mass is 16.5. The number of anilines is 2. The summed E-state index contributed by atoms with van der Waals surface area (Å²) in [6, 6.07) is 49.8. The molecule has 16 nitrogen and oxygen atoms in total. The number of carbonyl (C=O) groups is 1. The molecule has 2 N–H and O–H groups in total. The summed E-state index contributed by atoms with van der Waals surface area (Å²) in [7, 11) is 14.4. The molecule has 0 atom stereocenters. The van der Waals surface area contributed by atoms with Crippen LogP contribution in [0.4, 0.5) is 11.4 Å². The minimum atomic E-state index is -0.263. The molecule has 2 aliphatic rings. The van der Waals surface area contributed by atoms with Crippen molar-refractivity contribution in [3.63, 3.8) is 0 Å². The largest absolute Gasteiger partial charge is 0.496 e. The van der Waals surface area contributed by atoms with Crippen LogP contribution in [0.3, 0.4) is 0 Å². The standard InChI is InChI=1S/C72H59N5O11/c1-79-42-34-57(82-4)67(58(35-42)83-5)64-51-28-26-49(73-51)63(47-24-16-22-45-46-23-17-25-48(71(46)88-70(45)47)72(78)77(40-18-12-10-13-19-40)41-20-14-11-15-21-41)50-27-29-52(74-50)65(68-59(84-6)36-43(80-2)37-60(68)85-7)54-31-33-56(76-54)66(55-32-30-53(64)75-55)69-61(86-8)38-44(81-3)39-62(69)87-9/h10-39,73,76H,1-9H3. The molecule has 16 heteroatoms. The Hall–Kier alpha value is -11.4. The van der Waals surface area contributed by atoms with Gasteiger partial charge in [-0.05, 0) is 78.9 Å². The fourth-order valence-electron chi connectivity index (χ4n) is 11.9. The Morgan fingerprint density at radius 1 is 0.364 bits per heavy atom. The zero-order valence-electron chi connectivity index (χ0n) is 49.7. The maximum Gasteiger partial charge on any atom is 0.266 e. The molecule has 0 saturated carbocycles. The number of fused-ring (bicyclic) bond motifs is 11. The van der Waals surface area contributed by atoms with Crippen LogP contribution in [0.2, 0.25) is 0 Å². The average Bonchev–Trinajstić information content (AvgIpc) is 2.82. The number of nitrogens with zero attached hydrogens (tertiary/aromatic N) is 3. The quantitative estimate of drug-likeness (QED) is 0.0936. The van der Waals surface area contributed by atoms with Crippen molar-refractivity contribution in [2.75, 3.05) is 68.9 Å². The van der Waals surface area contributed by atoms with Crippen molar-refractivity contribution in [1.82, 2.24) is 19.9 Å². The molecule has 11 aromatic rings. The van der Waals surface area contributed by atoms with Gasteiger partial charge in [-0.1, -0.05) is 66.7 Å². The highest BCUT2D eigenvalue weighted by Gasteiger charge is 2.30. The van der Waals surface area contributed by atoms with E-state index in [9.17, 15) is 0 Å². The Balaban J connectivity index is 1.19. The Bertz CT molecular complexity index is 4640. The van der Waals surface area contributed by atoms with Crippen LogP contribution < -0.4 is 47.5 Å². The van der Waals surface area contributed by atoms with Crippen LogP contribution in [-0.4, -0.2) is 89.8 Å². The van der Waals surface area contributed by atoms with E-state index in [4.69, 9.17) is 57.0 Å². The summed E-state index contributed by atoms with van der Waals surface area (Å²) in [5.41, 5.74) is 12.7. The summed E-state index contributed by atoms with van der Waals surface area (Å²) in [6.45, 7) is 0. The molecule has 8 bridgehead atoms. The third kappa shape index (κ3) is 9.47. The molecule has 0 radical (unpaired) electrons. The number of nitrogens with one attached hydrogen (secondary N) is 2. The van der Waals surface area contributed by atoms with Gasteiger partial charge in [0.1, 0.15) is 62.9 Å². The van der Waals surface area contributed by atoms with Crippen LogP contribution in [0, 0.1) is 0 Å². The molecule has 0 unspecified atom stereocenters. The predicted octanol–water partition coefficient (Wildman–Crippen LogP) is 16.3. The molecule has 0 fully saturated rings. The summed E-state index contributed by atoms with van der Waals surface area (Å²) in [4.78, 5) is 35.9. The number of hydrogen-bond acceptors (Lipinski definition) is 13. The second kappa shape index (κ2) is 23.2. The van der Waals surface area contributed by atoms with Crippen molar-refractivity contribution in [2.45, 2.75) is 0 Å². The Kier molecular flexibility index (Phi) is 14.7. The normalized spacial score (nSPS) is 11.6. The van der Waals surface area contributed by atoms with Gasteiger partial charge in [-0.2, -0.15) is 0 Å². The molecule has 2 aliphatic heterocycles. The second-order valence-corrected chi connectivity index (χ2v) is 20.5. The van der Waals surface area contributed by atoms with Gasteiger partial charge in [-0.15, -0.1) is 0 Å². The molecule has 88 heavy (non-hydrogen) atoms. The van der Waals surface area contributed by atoms with Gasteiger partial charge in [0.15, 0.2) is 0 Å². The van der Waals surface area contributed by atoms with Crippen LogP contribution in [0.1, 0.15) is 33.1 Å². The van der Waals surface area contributed by atoms with Gasteiger partial charge in [0, 0.05) is 108 Å². The molecule has 0 saturated heterocycles. The van der Waals surface area contributed by atoms with Crippen LogP contribution in [-0.2, 0) is 0 Å². The van der Waals surface area contributed by atoms with Crippen LogP contribution >= 0.6 is 0 Å². The van der Waals surface area contributed by atoms with E-state index in [0.29, 0.717) is 169 Å². The van der Waals surface area contributed by atoms with Crippen molar-refractivity contribution in [3.05, 3.63) is 186 Å². The highest BCUT2D eigenvalue weighted by Crippen LogP contribution is 2.51. The van der Waals surface area contributed by atoms with E-state index in [1.54, 1.807) is 68.9 Å². The summed E-state index contributed by atoms with van der Waals surface area (Å²) in [6.07, 6.45) is 7.88. The van der Waals surface area contributed by atoms with Crippen molar-refractivity contribution in [3.8, 4) is 96.3 Å². The number of methoxy groups -OCH3 is 9. The van der Waals surface area contributed by atoms with Crippen molar-refractivity contribution >= 4 is 85.6 Å². The lowest BCUT2D eigenvalue weighted by atomic mass is 10.00. The number of para-hydroxylation sites is 4. The number of hydrogen-bond donors (Lipinski definition) is 2. The number of carbonyl (C=O) groups excluding carboxylic acids is 1. The Morgan fingerprint density at radius 2 is 0.705 bits per heavy atom. The van der Waals surface area contributed by atoms with Gasteiger partial charge in [0.2, 0.25) is 0 Å². The average molecular weight is 1170 g/mol. The molecule has 1 amide bonds. The first-order valence-corrected chi connectivity index (χ1v) is 28.1. The molecule has 0 spiro atoms. The number of amides is 1. The number of aromatic nitrogens is 4. The van der Waals surface area contributed by atoms with Crippen molar-refractivity contribution in [2.24, 2.45) is 0 Å². The van der Waals surface area contributed by atoms with E-state index in [1.807, 2.05) is 182 Å². The first-order chi connectivity index (χ1) is 43.1. The van der Waals surface area contributed by atoms with E-state index in [2.05, 4.69) is 9.97 Å². The number of benzene rings is 7. The van der Waals surface area contributed by atoms with E-state index >= 15 is 4.79 Å². The molecule has 13 rings (SSSR count). The van der Waals surface area contributed by atoms with Gasteiger partial charge in [0.05, 0.1) is 109 Å². The lowest BCUT2D eigenvalue weighted by Gasteiger charge is -2.23. The number of H-pyrrole nitrogens is 2. The first-order valence-electron chi connectivity index (χ1n) is 28.1. The monoisotopic (exact) mass is 1170 g/mol. The van der Waals surface area contributed by atoms with Gasteiger partial charge in [-0.25, -0.2) is 9.97 Å². The third-order valence-corrected chi connectivity index (χ3v) is 15.9. The topological polar surface area (TPSA) is 174 Å². The SMILES string of the molecule is COc1cc(OC)c(-c2c3nc(c(-c4c(OC)cc(OC)cc4OC)c4ccc([nH]4)c(-c4cccc5c4oc4c(C(=O)N(c6ccccc6)c6ccccc6)cccc45)c4nc(c(-c5c(OC)cc(OC)cc5OC)c5ccc2[nH]5)C=C4)C=C3)c(OC)c1. The lowest BCUT2D eigenvalue weighted by Crippen LogP contribution is -2.26. The predicted molar refractivity (Wildman–Crippen MR) is 346 cm³/mol. The number of ether oxygens (including phenoxy) is 9. The second-order valence-electron chi connectivity index (χ2n) is 20.5. The fourth-order valence-corrected chi connectivity index (χ4v) is 11.9. The van der Waals surface area contributed by atoms with Crippen molar-refractivity contribution in [1.29, 1.82) is 0 Å². The van der Waals surface area contributed by atoms with E-state index in [-0.39, 0.29) is 5.91 Å². The third-order valence-electron chi connectivity index (χ3n) is 15.9. The molecular weight excluding hydrogens is 1110 g/mol. The minimum absolute atomic E-state index is 0.263. The molecule has 6 heterocycles. The maximum atomic E-state index is 15.3.